The molecule has 0 amide bonds. The van der Waals surface area contributed by atoms with Crippen molar-refractivity contribution in [2.24, 2.45) is 0 Å². The van der Waals surface area contributed by atoms with E-state index in [2.05, 4.69) is 28.5 Å². The van der Waals surface area contributed by atoms with Crippen LogP contribution in [0.2, 0.25) is 0 Å². The molecule has 1 aliphatic rings. The van der Waals surface area contributed by atoms with Gasteiger partial charge in [0.1, 0.15) is 5.75 Å². The number of carbonyl (C=O) groups excluding carboxylic acids is 1. The number of carbonyl (C=O) groups is 1. The van der Waals surface area contributed by atoms with Crippen LogP contribution in [0.1, 0.15) is 40.2 Å². The predicted octanol–water partition coefficient (Wildman–Crippen LogP) is 3.65. The van der Waals surface area contributed by atoms with Gasteiger partial charge in [0.2, 0.25) is 0 Å². The third-order valence-corrected chi connectivity index (χ3v) is 5.61. The second-order valence-electron chi connectivity index (χ2n) is 7.79. The molecule has 5 nitrogen and oxygen atoms in total. The van der Waals surface area contributed by atoms with Crippen LogP contribution in [0.25, 0.3) is 0 Å². The highest BCUT2D eigenvalue weighted by molar-refractivity contribution is 5.99. The zero-order chi connectivity index (χ0) is 20.1. The molecule has 0 N–H and O–H groups in total. The smallest absolute Gasteiger partial charge is 0.178 e. The summed E-state index contributed by atoms with van der Waals surface area (Å²) in [6.07, 6.45) is 3.42. The van der Waals surface area contributed by atoms with Crippen LogP contribution in [0, 0.1) is 13.8 Å². The van der Waals surface area contributed by atoms with Crippen LogP contribution in [0.3, 0.4) is 0 Å². The van der Waals surface area contributed by atoms with E-state index in [9.17, 15) is 4.79 Å². The van der Waals surface area contributed by atoms with Crippen LogP contribution < -0.4 is 4.74 Å². The maximum absolute atomic E-state index is 12.9. The summed E-state index contributed by atoms with van der Waals surface area (Å²) in [5.41, 5.74) is 4.29. The lowest BCUT2D eigenvalue weighted by molar-refractivity contribution is 0.0740. The molecule has 1 aromatic carbocycles. The Kier molecular flexibility index (Phi) is 6.92. The maximum atomic E-state index is 12.9. The van der Waals surface area contributed by atoms with E-state index in [1.807, 2.05) is 32.2 Å². The molecule has 1 saturated heterocycles. The molecule has 1 aliphatic heterocycles. The van der Waals surface area contributed by atoms with Crippen molar-refractivity contribution in [2.75, 3.05) is 33.9 Å². The van der Waals surface area contributed by atoms with Gasteiger partial charge >= 0.3 is 0 Å². The topological polar surface area (TPSA) is 43.7 Å². The molecule has 2 heterocycles. The van der Waals surface area contributed by atoms with Gasteiger partial charge in [0.25, 0.3) is 0 Å². The van der Waals surface area contributed by atoms with E-state index in [0.29, 0.717) is 6.54 Å². The fourth-order valence-corrected chi connectivity index (χ4v) is 3.99. The number of methoxy groups -OCH3 is 1. The first-order valence-corrected chi connectivity index (χ1v) is 10.1. The monoisotopic (exact) mass is 384 g/mol. The molecule has 1 aromatic heterocycles. The van der Waals surface area contributed by atoms with Crippen molar-refractivity contribution in [3.63, 3.8) is 0 Å². The number of Topliss-reactive ketones (excluding diaryl/α,β-unsaturated/α-hetero) is 1. The Morgan fingerprint density at radius 1 is 1.29 bits per heavy atom. The minimum absolute atomic E-state index is 0.185. The Bertz CT molecular complexity index is 789. The molecule has 1 unspecified atom stereocenters. The number of benzene rings is 1. The standard InChI is InChI=1S/C23H32N2O3/c1-17-14-22(23(26)16-24(3)15-21-6-5-13-28-21)18(2)25(17)12-11-19-7-9-20(27-4)10-8-19/h7-10,14,21H,5-6,11-13,15-16H2,1-4H3. The average molecular weight is 385 g/mol. The van der Waals surface area contributed by atoms with E-state index in [-0.39, 0.29) is 11.9 Å². The first-order chi connectivity index (χ1) is 13.5. The van der Waals surface area contributed by atoms with E-state index in [1.165, 1.54) is 5.56 Å². The summed E-state index contributed by atoms with van der Waals surface area (Å²) < 4.78 is 13.1. The van der Waals surface area contributed by atoms with Crippen molar-refractivity contribution in [3.8, 4) is 5.75 Å². The molecule has 1 atom stereocenters. The number of nitrogens with zero attached hydrogens (tertiary/aromatic N) is 2. The number of hydrogen-bond donors (Lipinski definition) is 0. The van der Waals surface area contributed by atoms with Gasteiger partial charge in [-0.2, -0.15) is 0 Å². The first kappa shape index (κ1) is 20.6. The molecule has 2 aromatic rings. The summed E-state index contributed by atoms with van der Waals surface area (Å²) in [4.78, 5) is 14.9. The van der Waals surface area contributed by atoms with Gasteiger partial charge in [-0.05, 0) is 63.9 Å². The molecule has 3 rings (SSSR count). The number of aryl methyl sites for hydroxylation is 2. The van der Waals surface area contributed by atoms with Crippen LogP contribution >= 0.6 is 0 Å². The molecular formula is C23H32N2O3. The quantitative estimate of drug-likeness (QED) is 0.619. The summed E-state index contributed by atoms with van der Waals surface area (Å²) in [7, 11) is 3.68. The third-order valence-electron chi connectivity index (χ3n) is 5.61. The van der Waals surface area contributed by atoms with Crippen molar-refractivity contribution in [2.45, 2.75) is 45.8 Å². The van der Waals surface area contributed by atoms with Crippen molar-refractivity contribution < 1.29 is 14.3 Å². The van der Waals surface area contributed by atoms with Gasteiger partial charge in [0.15, 0.2) is 5.78 Å². The summed E-state index contributed by atoms with van der Waals surface area (Å²) >= 11 is 0. The molecule has 0 aliphatic carbocycles. The minimum atomic E-state index is 0.185. The molecule has 0 spiro atoms. The molecule has 0 saturated carbocycles. The van der Waals surface area contributed by atoms with E-state index in [0.717, 1.165) is 61.7 Å². The Morgan fingerprint density at radius 2 is 2.04 bits per heavy atom. The van der Waals surface area contributed by atoms with E-state index in [4.69, 9.17) is 9.47 Å². The lowest BCUT2D eigenvalue weighted by atomic mass is 10.1. The molecule has 152 valence electrons. The number of ether oxygens (including phenoxy) is 2. The van der Waals surface area contributed by atoms with E-state index >= 15 is 0 Å². The van der Waals surface area contributed by atoms with Crippen molar-refractivity contribution >= 4 is 5.78 Å². The van der Waals surface area contributed by atoms with Crippen molar-refractivity contribution in [3.05, 3.63) is 52.8 Å². The number of hydrogen-bond acceptors (Lipinski definition) is 4. The van der Waals surface area contributed by atoms with Gasteiger partial charge < -0.3 is 14.0 Å². The van der Waals surface area contributed by atoms with Crippen LogP contribution in [-0.2, 0) is 17.7 Å². The molecule has 28 heavy (non-hydrogen) atoms. The van der Waals surface area contributed by atoms with E-state index in [1.54, 1.807) is 7.11 Å². The fourth-order valence-electron chi connectivity index (χ4n) is 3.99. The van der Waals surface area contributed by atoms with Crippen molar-refractivity contribution in [1.29, 1.82) is 0 Å². The Hall–Kier alpha value is -2.11. The van der Waals surface area contributed by atoms with Gasteiger partial charge in [0.05, 0.1) is 19.8 Å². The second-order valence-corrected chi connectivity index (χ2v) is 7.79. The highest BCUT2D eigenvalue weighted by Gasteiger charge is 2.21. The number of aromatic nitrogens is 1. The van der Waals surface area contributed by atoms with Crippen LogP contribution in [-0.4, -0.2) is 55.2 Å². The molecule has 0 radical (unpaired) electrons. The van der Waals surface area contributed by atoms with Gasteiger partial charge in [-0.1, -0.05) is 12.1 Å². The zero-order valence-corrected chi connectivity index (χ0v) is 17.5. The number of rotatable bonds is 9. The van der Waals surface area contributed by atoms with E-state index < -0.39 is 0 Å². The Morgan fingerprint density at radius 3 is 2.68 bits per heavy atom. The summed E-state index contributed by atoms with van der Waals surface area (Å²) in [5.74, 6) is 1.06. The van der Waals surface area contributed by atoms with Crippen LogP contribution in [0.15, 0.2) is 30.3 Å². The van der Waals surface area contributed by atoms with Crippen LogP contribution in [0.5, 0.6) is 5.75 Å². The highest BCUT2D eigenvalue weighted by atomic mass is 16.5. The minimum Gasteiger partial charge on any atom is -0.497 e. The van der Waals surface area contributed by atoms with Crippen molar-refractivity contribution in [1.82, 2.24) is 9.47 Å². The SMILES string of the molecule is COc1ccc(CCn2c(C)cc(C(=O)CN(C)CC3CCCO3)c2C)cc1. The fraction of sp³-hybridized carbons (Fsp3) is 0.522. The first-order valence-electron chi connectivity index (χ1n) is 10.1. The van der Waals surface area contributed by atoms with Gasteiger partial charge in [-0.25, -0.2) is 0 Å². The normalized spacial score (nSPS) is 16.7. The van der Waals surface area contributed by atoms with Crippen LogP contribution in [0.4, 0.5) is 0 Å². The second kappa shape index (κ2) is 9.39. The molecular weight excluding hydrogens is 352 g/mol. The Labute approximate surface area is 168 Å². The predicted molar refractivity (Wildman–Crippen MR) is 111 cm³/mol. The lowest BCUT2D eigenvalue weighted by Gasteiger charge is -2.19. The Balaban J connectivity index is 1.60. The number of ketones is 1. The summed E-state index contributed by atoms with van der Waals surface area (Å²) in [5, 5.41) is 0. The number of likely N-dealkylation sites (N-methyl/N-ethyl adjacent to an activating group) is 1. The maximum Gasteiger partial charge on any atom is 0.178 e. The lowest BCUT2D eigenvalue weighted by Crippen LogP contribution is -2.33. The molecule has 0 bridgehead atoms. The summed E-state index contributed by atoms with van der Waals surface area (Å²) in [6.45, 7) is 7.09. The average Bonchev–Trinajstić information content (AvgIpc) is 3.28. The third kappa shape index (κ3) is 5.03. The summed E-state index contributed by atoms with van der Waals surface area (Å²) in [6, 6.07) is 10.2. The highest BCUT2D eigenvalue weighted by Crippen LogP contribution is 2.19. The van der Waals surface area contributed by atoms with Gasteiger partial charge in [0, 0.05) is 36.6 Å². The molecule has 5 heteroatoms. The van der Waals surface area contributed by atoms with Gasteiger partial charge in [-0.3, -0.25) is 9.69 Å². The molecule has 1 fully saturated rings. The van der Waals surface area contributed by atoms with Gasteiger partial charge in [-0.15, -0.1) is 0 Å². The zero-order valence-electron chi connectivity index (χ0n) is 17.5. The largest absolute Gasteiger partial charge is 0.497 e.